The summed E-state index contributed by atoms with van der Waals surface area (Å²) in [6.07, 6.45) is -3.55. The van der Waals surface area contributed by atoms with Gasteiger partial charge in [0.05, 0.1) is 18.3 Å². The fourth-order valence-electron chi connectivity index (χ4n) is 3.20. The first-order valence-corrected chi connectivity index (χ1v) is 8.83. The number of halogens is 3. The Morgan fingerprint density at radius 1 is 1.10 bits per heavy atom. The summed E-state index contributed by atoms with van der Waals surface area (Å²) in [6, 6.07) is 13.5. The predicted molar refractivity (Wildman–Crippen MR) is 99.3 cm³/mol. The van der Waals surface area contributed by atoms with E-state index in [4.69, 9.17) is 10.5 Å². The molecule has 0 saturated heterocycles. The summed E-state index contributed by atoms with van der Waals surface area (Å²) in [7, 11) is 0. The average molecular weight is 402 g/mol. The molecule has 0 fully saturated rings. The molecule has 2 aromatic carbocycles. The van der Waals surface area contributed by atoms with E-state index in [1.807, 2.05) is 18.2 Å². The van der Waals surface area contributed by atoms with Crippen LogP contribution in [0.2, 0.25) is 0 Å². The second-order valence-corrected chi connectivity index (χ2v) is 6.59. The molecule has 2 N–H and O–H groups in total. The number of hydrogen-bond acceptors (Lipinski definition) is 4. The number of fused-ring (bicyclic) bond motifs is 1. The first-order chi connectivity index (χ1) is 13.8. The van der Waals surface area contributed by atoms with Gasteiger partial charge in [0.15, 0.2) is 0 Å². The number of para-hydroxylation sites is 1. The number of hydrogen-bond donors (Lipinski definition) is 1. The van der Waals surface area contributed by atoms with Crippen LogP contribution < -0.4 is 15.4 Å². The van der Waals surface area contributed by atoms with E-state index in [0.717, 1.165) is 12.1 Å². The zero-order valence-electron chi connectivity index (χ0n) is 15.1. The maximum absolute atomic E-state index is 13.1. The van der Waals surface area contributed by atoms with Gasteiger partial charge in [0.25, 0.3) is 5.91 Å². The molecule has 3 aromatic rings. The zero-order valence-corrected chi connectivity index (χ0v) is 15.1. The Kier molecular flexibility index (Phi) is 4.75. The monoisotopic (exact) mass is 402 g/mol. The Morgan fingerprint density at radius 3 is 2.45 bits per heavy atom. The third-order valence-electron chi connectivity index (χ3n) is 4.65. The highest BCUT2D eigenvalue weighted by molar-refractivity contribution is 6.06. The number of amides is 1. The Morgan fingerprint density at radius 2 is 1.79 bits per heavy atom. The minimum absolute atomic E-state index is 0.0951. The SMILES string of the molecule is N[C@H]1CN(c2ccc(C(F)(F)F)cc2)C(=O)c2c(COc3ccccc3)cnn21. The topological polar surface area (TPSA) is 73.4 Å². The number of alkyl halides is 3. The normalized spacial score (nSPS) is 16.6. The third-order valence-corrected chi connectivity index (χ3v) is 4.65. The average Bonchev–Trinajstić information content (AvgIpc) is 3.14. The second-order valence-electron chi connectivity index (χ2n) is 6.59. The Balaban J connectivity index is 1.60. The van der Waals surface area contributed by atoms with E-state index < -0.39 is 23.8 Å². The van der Waals surface area contributed by atoms with Crippen LogP contribution in [0.1, 0.15) is 27.8 Å². The summed E-state index contributed by atoms with van der Waals surface area (Å²) in [5.74, 6) is 0.246. The highest BCUT2D eigenvalue weighted by Gasteiger charge is 2.35. The van der Waals surface area contributed by atoms with Crippen LogP contribution in [0, 0.1) is 0 Å². The van der Waals surface area contributed by atoms with Crippen molar-refractivity contribution in [2.45, 2.75) is 18.9 Å². The summed E-state index contributed by atoms with van der Waals surface area (Å²) in [6.45, 7) is 0.205. The van der Waals surface area contributed by atoms with Crippen molar-refractivity contribution in [3.63, 3.8) is 0 Å². The molecule has 29 heavy (non-hydrogen) atoms. The number of rotatable bonds is 4. The second kappa shape index (κ2) is 7.25. The van der Waals surface area contributed by atoms with E-state index >= 15 is 0 Å². The maximum Gasteiger partial charge on any atom is 0.416 e. The lowest BCUT2D eigenvalue weighted by atomic mass is 10.1. The fourth-order valence-corrected chi connectivity index (χ4v) is 3.20. The van der Waals surface area contributed by atoms with Crippen molar-refractivity contribution in [2.24, 2.45) is 5.73 Å². The molecule has 1 atom stereocenters. The van der Waals surface area contributed by atoms with Gasteiger partial charge in [0, 0.05) is 11.3 Å². The van der Waals surface area contributed by atoms with Gasteiger partial charge >= 0.3 is 6.18 Å². The van der Waals surface area contributed by atoms with E-state index in [9.17, 15) is 18.0 Å². The molecule has 0 radical (unpaired) electrons. The molecule has 1 aliphatic heterocycles. The minimum Gasteiger partial charge on any atom is -0.489 e. The van der Waals surface area contributed by atoms with E-state index in [1.165, 1.54) is 27.9 Å². The van der Waals surface area contributed by atoms with Crippen LogP contribution in [0.3, 0.4) is 0 Å². The van der Waals surface area contributed by atoms with Gasteiger partial charge in [-0.25, -0.2) is 4.68 Å². The summed E-state index contributed by atoms with van der Waals surface area (Å²) >= 11 is 0. The fraction of sp³-hybridized carbons (Fsp3) is 0.200. The molecule has 0 bridgehead atoms. The number of benzene rings is 2. The number of nitrogens with two attached hydrogens (primary N) is 1. The lowest BCUT2D eigenvalue weighted by Crippen LogP contribution is -2.46. The van der Waals surface area contributed by atoms with Gasteiger partial charge in [0.2, 0.25) is 0 Å². The van der Waals surface area contributed by atoms with Crippen molar-refractivity contribution < 1.29 is 22.7 Å². The van der Waals surface area contributed by atoms with E-state index in [1.54, 1.807) is 12.1 Å². The molecule has 0 spiro atoms. The molecule has 0 saturated carbocycles. The number of nitrogens with zero attached hydrogens (tertiary/aromatic N) is 3. The van der Waals surface area contributed by atoms with Crippen LogP contribution in [0.4, 0.5) is 18.9 Å². The van der Waals surface area contributed by atoms with Crippen molar-refractivity contribution in [3.05, 3.63) is 77.6 Å². The molecule has 1 aliphatic rings. The smallest absolute Gasteiger partial charge is 0.416 e. The Hall–Kier alpha value is -3.33. The molecule has 6 nitrogen and oxygen atoms in total. The van der Waals surface area contributed by atoms with E-state index in [0.29, 0.717) is 17.0 Å². The predicted octanol–water partition coefficient (Wildman–Crippen LogP) is 3.60. The lowest BCUT2D eigenvalue weighted by molar-refractivity contribution is -0.137. The van der Waals surface area contributed by atoms with Gasteiger partial charge < -0.3 is 15.4 Å². The molecule has 1 amide bonds. The number of aromatic nitrogens is 2. The van der Waals surface area contributed by atoms with Crippen molar-refractivity contribution in [1.82, 2.24) is 9.78 Å². The number of carbonyl (C=O) groups is 1. The van der Waals surface area contributed by atoms with Crippen molar-refractivity contribution in [1.29, 1.82) is 0 Å². The summed E-state index contributed by atoms with van der Waals surface area (Å²) in [4.78, 5) is 14.4. The summed E-state index contributed by atoms with van der Waals surface area (Å²) < 4.78 is 45.6. The van der Waals surface area contributed by atoms with Crippen LogP contribution in [-0.2, 0) is 12.8 Å². The van der Waals surface area contributed by atoms with Crippen LogP contribution in [0.25, 0.3) is 0 Å². The molecule has 9 heteroatoms. The lowest BCUT2D eigenvalue weighted by Gasteiger charge is -2.32. The highest BCUT2D eigenvalue weighted by atomic mass is 19.4. The molecular weight excluding hydrogens is 385 g/mol. The summed E-state index contributed by atoms with van der Waals surface area (Å²) in [5.41, 5.74) is 6.51. The third kappa shape index (κ3) is 3.68. The Labute approximate surface area is 164 Å². The first-order valence-electron chi connectivity index (χ1n) is 8.83. The number of anilines is 1. The van der Waals surface area contributed by atoms with Crippen LogP contribution in [0.5, 0.6) is 5.75 Å². The van der Waals surface area contributed by atoms with Gasteiger partial charge in [-0.15, -0.1) is 0 Å². The quantitative estimate of drug-likeness (QED) is 0.724. The molecule has 1 aromatic heterocycles. The van der Waals surface area contributed by atoms with Crippen molar-refractivity contribution in [2.75, 3.05) is 11.4 Å². The van der Waals surface area contributed by atoms with Gasteiger partial charge in [-0.1, -0.05) is 18.2 Å². The van der Waals surface area contributed by atoms with Gasteiger partial charge in [-0.2, -0.15) is 18.3 Å². The van der Waals surface area contributed by atoms with Crippen molar-refractivity contribution >= 4 is 11.6 Å². The highest BCUT2D eigenvalue weighted by Crippen LogP contribution is 2.32. The molecule has 0 unspecified atom stereocenters. The van der Waals surface area contributed by atoms with Crippen LogP contribution in [-0.4, -0.2) is 22.2 Å². The molecule has 150 valence electrons. The molecule has 4 rings (SSSR count). The summed E-state index contributed by atoms with van der Waals surface area (Å²) in [5, 5.41) is 4.19. The maximum atomic E-state index is 13.1. The largest absolute Gasteiger partial charge is 0.489 e. The number of carbonyl (C=O) groups excluding carboxylic acids is 1. The standard InChI is InChI=1S/C20H17F3N4O2/c21-20(22,23)14-6-8-15(9-7-14)26-11-17(24)27-18(19(26)28)13(10-25-27)12-29-16-4-2-1-3-5-16/h1-10,17H,11-12,24H2/t17-/m1/s1. The number of ether oxygens (including phenoxy) is 1. The Bertz CT molecular complexity index is 1020. The molecule has 2 heterocycles. The van der Waals surface area contributed by atoms with Gasteiger partial charge in [0.1, 0.15) is 24.2 Å². The van der Waals surface area contributed by atoms with E-state index in [-0.39, 0.29) is 18.8 Å². The molecular formula is C20H17F3N4O2. The van der Waals surface area contributed by atoms with Gasteiger partial charge in [-0.3, -0.25) is 4.79 Å². The van der Waals surface area contributed by atoms with E-state index in [2.05, 4.69) is 5.10 Å². The van der Waals surface area contributed by atoms with Crippen LogP contribution in [0.15, 0.2) is 60.8 Å². The van der Waals surface area contributed by atoms with Gasteiger partial charge in [-0.05, 0) is 36.4 Å². The minimum atomic E-state index is -4.44. The van der Waals surface area contributed by atoms with Crippen molar-refractivity contribution in [3.8, 4) is 5.75 Å². The zero-order chi connectivity index (χ0) is 20.6. The van der Waals surface area contributed by atoms with Crippen LogP contribution >= 0.6 is 0 Å². The molecule has 0 aliphatic carbocycles. The first kappa shape index (κ1) is 19.0.